The Morgan fingerprint density at radius 2 is 1.27 bits per heavy atom. The van der Waals surface area contributed by atoms with Crippen LogP contribution in [0.4, 0.5) is 0 Å². The number of nitrogens with zero attached hydrogens (tertiary/aromatic N) is 1. The maximum absolute atomic E-state index is 4.48. The van der Waals surface area contributed by atoms with Gasteiger partial charge in [0.1, 0.15) is 0 Å². The quantitative estimate of drug-likeness (QED) is 0.341. The third-order valence-corrected chi connectivity index (χ3v) is 4.58. The van der Waals surface area contributed by atoms with E-state index >= 15 is 0 Å². The lowest BCUT2D eigenvalue weighted by Gasteiger charge is -2.04. The molecule has 1 aromatic rings. The van der Waals surface area contributed by atoms with E-state index in [9.17, 15) is 0 Å². The first-order valence-corrected chi connectivity index (χ1v) is 9.80. The van der Waals surface area contributed by atoms with Gasteiger partial charge in [-0.15, -0.1) is 0 Å². The molecule has 126 valence electrons. The van der Waals surface area contributed by atoms with Crippen molar-refractivity contribution in [2.75, 3.05) is 0 Å². The normalized spacial score (nSPS) is 11.0. The molecule has 0 fully saturated rings. The molecule has 0 radical (unpaired) electrons. The number of unbranched alkanes of at least 4 members (excludes halogenated alkanes) is 11. The van der Waals surface area contributed by atoms with E-state index in [2.05, 4.69) is 31.0 Å². The molecule has 0 spiro atoms. The van der Waals surface area contributed by atoms with Gasteiger partial charge in [-0.25, -0.2) is 0 Å². The highest BCUT2D eigenvalue weighted by Gasteiger charge is 1.97. The Morgan fingerprint density at radius 1 is 0.727 bits per heavy atom. The van der Waals surface area contributed by atoms with Crippen LogP contribution in [0.2, 0.25) is 0 Å². The number of hydrogen-bond donors (Lipinski definition) is 0. The van der Waals surface area contributed by atoms with Gasteiger partial charge in [0.15, 0.2) is 0 Å². The number of rotatable bonds is 14. The van der Waals surface area contributed by atoms with E-state index in [1.807, 2.05) is 6.20 Å². The molecule has 1 heteroatoms. The zero-order valence-electron chi connectivity index (χ0n) is 15.1. The second kappa shape index (κ2) is 13.8. The van der Waals surface area contributed by atoms with Crippen LogP contribution < -0.4 is 0 Å². The highest BCUT2D eigenvalue weighted by molar-refractivity contribution is 5.16. The van der Waals surface area contributed by atoms with Crippen LogP contribution in [0.15, 0.2) is 18.3 Å². The predicted octanol–water partition coefficient (Wildman–Crippen LogP) is 6.89. The van der Waals surface area contributed by atoms with Gasteiger partial charge in [0.05, 0.1) is 0 Å². The SMILES string of the molecule is CCCCCCCCCCCCCCc1cc(CC)ccn1. The van der Waals surface area contributed by atoms with E-state index in [-0.39, 0.29) is 0 Å². The molecule has 0 amide bonds. The summed E-state index contributed by atoms with van der Waals surface area (Å²) in [5, 5.41) is 0. The predicted molar refractivity (Wildman–Crippen MR) is 98.4 cm³/mol. The van der Waals surface area contributed by atoms with Gasteiger partial charge in [-0.2, -0.15) is 0 Å². The third kappa shape index (κ3) is 9.97. The zero-order valence-corrected chi connectivity index (χ0v) is 15.1. The van der Waals surface area contributed by atoms with Crippen LogP contribution in [-0.4, -0.2) is 4.98 Å². The highest BCUT2D eigenvalue weighted by atomic mass is 14.7. The summed E-state index contributed by atoms with van der Waals surface area (Å²) < 4.78 is 0. The summed E-state index contributed by atoms with van der Waals surface area (Å²) >= 11 is 0. The van der Waals surface area contributed by atoms with E-state index in [4.69, 9.17) is 0 Å². The van der Waals surface area contributed by atoms with Gasteiger partial charge in [0.2, 0.25) is 0 Å². The van der Waals surface area contributed by atoms with Crippen molar-refractivity contribution in [2.45, 2.75) is 104 Å². The summed E-state index contributed by atoms with van der Waals surface area (Å²) in [5.41, 5.74) is 2.70. The Labute approximate surface area is 138 Å². The van der Waals surface area contributed by atoms with Gasteiger partial charge in [0.25, 0.3) is 0 Å². The Balaban J connectivity index is 1.87. The van der Waals surface area contributed by atoms with Crippen molar-refractivity contribution >= 4 is 0 Å². The molecule has 0 aliphatic carbocycles. The number of pyridine rings is 1. The Kier molecular flexibility index (Phi) is 12.0. The molecule has 22 heavy (non-hydrogen) atoms. The smallest absolute Gasteiger partial charge is 0.0406 e. The largest absolute Gasteiger partial charge is 0.261 e. The van der Waals surface area contributed by atoms with E-state index in [1.54, 1.807) is 0 Å². The molecule has 0 saturated heterocycles. The van der Waals surface area contributed by atoms with Gasteiger partial charge in [-0.05, 0) is 37.0 Å². The molecule has 0 unspecified atom stereocenters. The monoisotopic (exact) mass is 303 g/mol. The first-order valence-electron chi connectivity index (χ1n) is 9.80. The fourth-order valence-corrected chi connectivity index (χ4v) is 3.03. The average molecular weight is 304 g/mol. The second-order valence-electron chi connectivity index (χ2n) is 6.65. The molecule has 0 aromatic carbocycles. The van der Waals surface area contributed by atoms with Crippen molar-refractivity contribution in [1.82, 2.24) is 4.98 Å². The fraction of sp³-hybridized carbons (Fsp3) is 0.762. The lowest BCUT2D eigenvalue weighted by Crippen LogP contribution is -1.92. The van der Waals surface area contributed by atoms with Crippen molar-refractivity contribution in [1.29, 1.82) is 0 Å². The minimum atomic E-state index is 1.12. The Hall–Kier alpha value is -0.850. The molecule has 1 aromatic heterocycles. The topological polar surface area (TPSA) is 12.9 Å². The fourth-order valence-electron chi connectivity index (χ4n) is 3.03. The first kappa shape index (κ1) is 19.2. The number of aromatic nitrogens is 1. The summed E-state index contributed by atoms with van der Waals surface area (Å²) in [6.45, 7) is 4.50. The van der Waals surface area contributed by atoms with E-state index in [1.165, 1.54) is 88.3 Å². The van der Waals surface area contributed by atoms with E-state index in [0.29, 0.717) is 0 Å². The number of aryl methyl sites for hydroxylation is 2. The molecule has 0 saturated carbocycles. The summed E-state index contributed by atoms with van der Waals surface area (Å²) in [7, 11) is 0. The average Bonchev–Trinajstić information content (AvgIpc) is 2.56. The lowest BCUT2D eigenvalue weighted by molar-refractivity contribution is 0.543. The van der Waals surface area contributed by atoms with Crippen molar-refractivity contribution in [2.24, 2.45) is 0 Å². The molecule has 0 N–H and O–H groups in total. The van der Waals surface area contributed by atoms with Gasteiger partial charge in [0, 0.05) is 11.9 Å². The molecule has 1 nitrogen and oxygen atoms in total. The van der Waals surface area contributed by atoms with Crippen LogP contribution in [-0.2, 0) is 12.8 Å². The maximum atomic E-state index is 4.48. The zero-order chi connectivity index (χ0) is 15.9. The molecule has 1 heterocycles. The first-order chi connectivity index (χ1) is 10.9. The van der Waals surface area contributed by atoms with Gasteiger partial charge >= 0.3 is 0 Å². The summed E-state index contributed by atoms with van der Waals surface area (Å²) in [6.07, 6.45) is 21.2. The van der Waals surface area contributed by atoms with E-state index in [0.717, 1.165) is 12.8 Å². The molecule has 0 aliphatic rings. The van der Waals surface area contributed by atoms with Crippen molar-refractivity contribution in [3.05, 3.63) is 29.6 Å². The van der Waals surface area contributed by atoms with Crippen molar-refractivity contribution < 1.29 is 0 Å². The van der Waals surface area contributed by atoms with Gasteiger partial charge in [-0.3, -0.25) is 4.98 Å². The van der Waals surface area contributed by atoms with Crippen molar-refractivity contribution in [3.8, 4) is 0 Å². The number of hydrogen-bond acceptors (Lipinski definition) is 1. The molecule has 0 bridgehead atoms. The molecule has 0 atom stereocenters. The minimum Gasteiger partial charge on any atom is -0.261 e. The third-order valence-electron chi connectivity index (χ3n) is 4.58. The highest BCUT2D eigenvalue weighted by Crippen LogP contribution is 2.13. The maximum Gasteiger partial charge on any atom is 0.0406 e. The van der Waals surface area contributed by atoms with Crippen LogP contribution in [0, 0.1) is 0 Å². The Morgan fingerprint density at radius 3 is 1.82 bits per heavy atom. The molecule has 1 rings (SSSR count). The van der Waals surface area contributed by atoms with Gasteiger partial charge in [-0.1, -0.05) is 84.5 Å². The second-order valence-corrected chi connectivity index (χ2v) is 6.65. The standard InChI is InChI=1S/C21H37N/c1-3-5-6-7-8-9-10-11-12-13-14-15-16-21-19-20(4-2)17-18-22-21/h17-19H,3-16H2,1-2H3. The summed E-state index contributed by atoms with van der Waals surface area (Å²) in [5.74, 6) is 0. The van der Waals surface area contributed by atoms with Crippen molar-refractivity contribution in [3.63, 3.8) is 0 Å². The van der Waals surface area contributed by atoms with Crippen LogP contribution in [0.25, 0.3) is 0 Å². The van der Waals surface area contributed by atoms with Crippen LogP contribution in [0.5, 0.6) is 0 Å². The van der Waals surface area contributed by atoms with Crippen LogP contribution >= 0.6 is 0 Å². The van der Waals surface area contributed by atoms with E-state index < -0.39 is 0 Å². The molecular weight excluding hydrogens is 266 g/mol. The lowest BCUT2D eigenvalue weighted by atomic mass is 10.0. The Bertz CT molecular complexity index is 359. The minimum absolute atomic E-state index is 1.12. The van der Waals surface area contributed by atoms with Crippen LogP contribution in [0.3, 0.4) is 0 Å². The molecule has 0 aliphatic heterocycles. The molecular formula is C21H37N. The van der Waals surface area contributed by atoms with Crippen LogP contribution in [0.1, 0.15) is 102 Å². The van der Waals surface area contributed by atoms with Gasteiger partial charge < -0.3 is 0 Å². The summed E-state index contributed by atoms with van der Waals surface area (Å²) in [4.78, 5) is 4.48. The summed E-state index contributed by atoms with van der Waals surface area (Å²) in [6, 6.07) is 4.41.